The maximum Gasteiger partial charge on any atom is 0.339 e. The first kappa shape index (κ1) is 24.7. The van der Waals surface area contributed by atoms with Crippen molar-refractivity contribution in [1.82, 2.24) is 4.57 Å². The van der Waals surface area contributed by atoms with Crippen LogP contribution in [-0.2, 0) is 16.6 Å². The summed E-state index contributed by atoms with van der Waals surface area (Å²) >= 11 is 6.12. The van der Waals surface area contributed by atoms with Crippen LogP contribution in [0.1, 0.15) is 49.3 Å². The molecule has 33 heavy (non-hydrogen) atoms. The van der Waals surface area contributed by atoms with Gasteiger partial charge in [-0.25, -0.2) is 4.79 Å². The molecule has 6 heteroatoms. The number of aryl methyl sites for hydroxylation is 2. The third-order valence-electron chi connectivity index (χ3n) is 5.76. The highest BCUT2D eigenvalue weighted by Gasteiger charge is 2.33. The predicted octanol–water partition coefficient (Wildman–Crippen LogP) is 6.24. The molecule has 3 aromatic rings. The smallest absolute Gasteiger partial charge is 0.339 e. The van der Waals surface area contributed by atoms with E-state index in [2.05, 4.69) is 0 Å². The normalized spacial score (nSPS) is 12.6. The molecule has 0 bridgehead atoms. The number of aliphatic carboxylic acids is 1. The molecule has 0 radical (unpaired) electrons. The second kappa shape index (κ2) is 9.16. The van der Waals surface area contributed by atoms with Gasteiger partial charge in [0.1, 0.15) is 0 Å². The SMILES string of the molecule is Cc1ccc(-c2c(C)c(-c3ccc(Cl)cc3)c(C(OC(C)(C)C)C(=O)O)n(C)c2=O)cc1C. The van der Waals surface area contributed by atoms with Crippen LogP contribution in [0.3, 0.4) is 0 Å². The molecule has 0 fully saturated rings. The van der Waals surface area contributed by atoms with Crippen molar-refractivity contribution in [2.45, 2.75) is 53.2 Å². The molecular formula is C27H30ClNO4. The van der Waals surface area contributed by atoms with E-state index in [4.69, 9.17) is 16.3 Å². The summed E-state index contributed by atoms with van der Waals surface area (Å²) in [6.45, 7) is 11.3. The van der Waals surface area contributed by atoms with Crippen molar-refractivity contribution in [2.75, 3.05) is 0 Å². The first-order chi connectivity index (χ1) is 15.3. The van der Waals surface area contributed by atoms with E-state index in [1.165, 1.54) is 4.57 Å². The van der Waals surface area contributed by atoms with Gasteiger partial charge < -0.3 is 14.4 Å². The number of carbonyl (C=O) groups is 1. The zero-order valence-electron chi connectivity index (χ0n) is 20.1. The van der Waals surface area contributed by atoms with Crippen molar-refractivity contribution in [3.63, 3.8) is 0 Å². The fourth-order valence-corrected chi connectivity index (χ4v) is 4.15. The van der Waals surface area contributed by atoms with E-state index in [1.54, 1.807) is 40.0 Å². The predicted molar refractivity (Wildman–Crippen MR) is 133 cm³/mol. The van der Waals surface area contributed by atoms with Crippen molar-refractivity contribution in [3.05, 3.63) is 80.2 Å². The molecule has 1 atom stereocenters. The Hall–Kier alpha value is -2.89. The van der Waals surface area contributed by atoms with Crippen LogP contribution in [0.4, 0.5) is 0 Å². The molecule has 0 saturated carbocycles. The lowest BCUT2D eigenvalue weighted by atomic mass is 9.89. The number of rotatable bonds is 5. The summed E-state index contributed by atoms with van der Waals surface area (Å²) in [5.74, 6) is -1.16. The molecule has 5 nitrogen and oxygen atoms in total. The molecule has 0 aliphatic rings. The number of halogens is 1. The van der Waals surface area contributed by atoms with Gasteiger partial charge in [0.15, 0.2) is 6.10 Å². The quantitative estimate of drug-likeness (QED) is 0.482. The summed E-state index contributed by atoms with van der Waals surface area (Å²) in [7, 11) is 1.60. The second-order valence-electron chi connectivity index (χ2n) is 9.38. The fourth-order valence-electron chi connectivity index (χ4n) is 4.02. The molecule has 0 saturated heterocycles. The molecule has 1 N–H and O–H groups in total. The molecule has 0 amide bonds. The Morgan fingerprint density at radius 1 is 0.970 bits per heavy atom. The maximum atomic E-state index is 13.6. The Balaban J connectivity index is 2.45. The molecule has 2 aromatic carbocycles. The topological polar surface area (TPSA) is 68.5 Å². The van der Waals surface area contributed by atoms with Crippen molar-refractivity contribution in [2.24, 2.45) is 7.05 Å². The number of carboxylic acid groups (broad SMARTS) is 1. The number of carboxylic acids is 1. The van der Waals surface area contributed by atoms with Crippen molar-refractivity contribution < 1.29 is 14.6 Å². The van der Waals surface area contributed by atoms with E-state index in [9.17, 15) is 14.7 Å². The van der Waals surface area contributed by atoms with Gasteiger partial charge in [-0.3, -0.25) is 4.79 Å². The molecule has 1 heterocycles. The van der Waals surface area contributed by atoms with E-state index in [1.807, 2.05) is 51.1 Å². The first-order valence-corrected chi connectivity index (χ1v) is 11.2. The third kappa shape index (κ3) is 5.05. The standard InChI is InChI=1S/C27H30ClNO4/c1-15-8-9-19(14-16(15)2)22-17(3)21(18-10-12-20(28)13-11-18)23(29(7)25(22)30)24(26(31)32)33-27(4,5)6/h8-14,24H,1-7H3,(H,31,32). The van der Waals surface area contributed by atoms with E-state index in [0.29, 0.717) is 27.4 Å². The number of hydrogen-bond donors (Lipinski definition) is 1. The Morgan fingerprint density at radius 3 is 2.06 bits per heavy atom. The van der Waals surface area contributed by atoms with Crippen LogP contribution in [0.15, 0.2) is 47.3 Å². The minimum Gasteiger partial charge on any atom is -0.479 e. The van der Waals surface area contributed by atoms with Gasteiger partial charge in [-0.05, 0) is 81.5 Å². The minimum absolute atomic E-state index is 0.271. The van der Waals surface area contributed by atoms with Crippen LogP contribution < -0.4 is 5.56 Å². The van der Waals surface area contributed by atoms with E-state index >= 15 is 0 Å². The van der Waals surface area contributed by atoms with Crippen LogP contribution in [0.2, 0.25) is 5.02 Å². The molecule has 0 aliphatic carbocycles. The summed E-state index contributed by atoms with van der Waals surface area (Å²) < 4.78 is 7.37. The Kier molecular flexibility index (Phi) is 6.87. The van der Waals surface area contributed by atoms with Crippen LogP contribution in [0.5, 0.6) is 0 Å². The summed E-state index contributed by atoms with van der Waals surface area (Å²) in [4.78, 5) is 26.0. The van der Waals surface area contributed by atoms with Gasteiger partial charge in [-0.1, -0.05) is 41.9 Å². The van der Waals surface area contributed by atoms with Crippen molar-refractivity contribution in [1.29, 1.82) is 0 Å². The highest BCUT2D eigenvalue weighted by molar-refractivity contribution is 6.30. The molecule has 3 rings (SSSR count). The number of ether oxygens (including phenoxy) is 1. The van der Waals surface area contributed by atoms with Gasteiger partial charge in [0.25, 0.3) is 5.56 Å². The molecule has 0 aliphatic heterocycles. The minimum atomic E-state index is -1.33. The van der Waals surface area contributed by atoms with Crippen molar-refractivity contribution in [3.8, 4) is 22.3 Å². The fraction of sp³-hybridized carbons (Fsp3) is 0.333. The Labute approximate surface area is 199 Å². The highest BCUT2D eigenvalue weighted by Crippen LogP contribution is 2.38. The average molecular weight is 468 g/mol. The van der Waals surface area contributed by atoms with Crippen LogP contribution in [0, 0.1) is 20.8 Å². The molecule has 1 aromatic heterocycles. The van der Waals surface area contributed by atoms with E-state index in [0.717, 1.165) is 22.3 Å². The first-order valence-electron chi connectivity index (χ1n) is 10.8. The van der Waals surface area contributed by atoms with Gasteiger partial charge in [-0.2, -0.15) is 0 Å². The maximum absolute atomic E-state index is 13.6. The van der Waals surface area contributed by atoms with Crippen LogP contribution >= 0.6 is 11.6 Å². The summed E-state index contributed by atoms with van der Waals surface area (Å²) in [5.41, 5.74) is 4.94. The largest absolute Gasteiger partial charge is 0.479 e. The number of pyridine rings is 1. The third-order valence-corrected chi connectivity index (χ3v) is 6.01. The van der Waals surface area contributed by atoms with Gasteiger partial charge in [0.2, 0.25) is 0 Å². The van der Waals surface area contributed by atoms with E-state index in [-0.39, 0.29) is 5.56 Å². The lowest BCUT2D eigenvalue weighted by Crippen LogP contribution is -2.33. The van der Waals surface area contributed by atoms with Crippen LogP contribution in [-0.4, -0.2) is 21.2 Å². The number of hydrogen-bond acceptors (Lipinski definition) is 3. The van der Waals surface area contributed by atoms with Crippen molar-refractivity contribution >= 4 is 17.6 Å². The molecule has 0 spiro atoms. The zero-order valence-corrected chi connectivity index (χ0v) is 20.9. The highest BCUT2D eigenvalue weighted by atomic mass is 35.5. The number of aromatic nitrogens is 1. The van der Waals surface area contributed by atoms with Gasteiger partial charge in [0.05, 0.1) is 16.9 Å². The monoisotopic (exact) mass is 467 g/mol. The van der Waals surface area contributed by atoms with E-state index < -0.39 is 17.7 Å². The Morgan fingerprint density at radius 2 is 1.55 bits per heavy atom. The Bertz CT molecular complexity index is 1270. The molecular weight excluding hydrogens is 438 g/mol. The lowest BCUT2D eigenvalue weighted by Gasteiger charge is -2.29. The van der Waals surface area contributed by atoms with Crippen LogP contribution in [0.25, 0.3) is 22.3 Å². The average Bonchev–Trinajstić information content (AvgIpc) is 2.72. The molecule has 174 valence electrons. The number of nitrogens with zero attached hydrogens (tertiary/aromatic N) is 1. The van der Waals surface area contributed by atoms with Gasteiger partial charge >= 0.3 is 5.97 Å². The lowest BCUT2D eigenvalue weighted by molar-refractivity contribution is -0.161. The molecule has 1 unspecified atom stereocenters. The summed E-state index contributed by atoms with van der Waals surface area (Å²) in [5, 5.41) is 10.7. The van der Waals surface area contributed by atoms with Gasteiger partial charge in [-0.15, -0.1) is 0 Å². The summed E-state index contributed by atoms with van der Waals surface area (Å²) in [6, 6.07) is 13.1. The van der Waals surface area contributed by atoms with Gasteiger partial charge in [0, 0.05) is 17.6 Å². The zero-order chi connectivity index (χ0) is 24.7. The number of benzene rings is 2. The second-order valence-corrected chi connectivity index (χ2v) is 9.82. The summed E-state index contributed by atoms with van der Waals surface area (Å²) in [6.07, 6.45) is -1.33.